The fourth-order valence-electron chi connectivity index (χ4n) is 3.87. The second-order valence-corrected chi connectivity index (χ2v) is 9.45. The summed E-state index contributed by atoms with van der Waals surface area (Å²) >= 11 is 0. The van der Waals surface area contributed by atoms with E-state index in [0.29, 0.717) is 24.7 Å². The van der Waals surface area contributed by atoms with Crippen LogP contribution in [0, 0.1) is 5.92 Å². The molecule has 1 aromatic carbocycles. The van der Waals surface area contributed by atoms with E-state index in [0.717, 1.165) is 43.5 Å². The molecule has 1 saturated carbocycles. The Morgan fingerprint density at radius 2 is 2.00 bits per heavy atom. The molecular weight excluding hydrogens is 336 g/mol. The zero-order chi connectivity index (χ0) is 18.0. The third-order valence-electron chi connectivity index (χ3n) is 5.61. The van der Waals surface area contributed by atoms with Crippen molar-refractivity contribution in [3.63, 3.8) is 0 Å². The minimum Gasteiger partial charge on any atom is -0.300 e. The molecule has 1 aliphatic heterocycles. The fourth-order valence-corrected chi connectivity index (χ4v) is 5.43. The van der Waals surface area contributed by atoms with Crippen LogP contribution in [0.3, 0.4) is 0 Å². The van der Waals surface area contributed by atoms with E-state index in [2.05, 4.69) is 24.9 Å². The zero-order valence-corrected chi connectivity index (χ0v) is 16.0. The van der Waals surface area contributed by atoms with Crippen LogP contribution in [0.1, 0.15) is 50.6 Å². The molecule has 2 aliphatic rings. The minimum absolute atomic E-state index is 0.211. The van der Waals surface area contributed by atoms with E-state index in [9.17, 15) is 13.2 Å². The van der Waals surface area contributed by atoms with Gasteiger partial charge in [0.1, 0.15) is 5.78 Å². The normalized spacial score (nSPS) is 22.5. The number of hydrogen-bond acceptors (Lipinski definition) is 4. The van der Waals surface area contributed by atoms with Crippen molar-refractivity contribution in [3.05, 3.63) is 29.8 Å². The Balaban J connectivity index is 1.68. The van der Waals surface area contributed by atoms with Crippen LogP contribution in [0.2, 0.25) is 0 Å². The van der Waals surface area contributed by atoms with Crippen molar-refractivity contribution in [3.8, 4) is 0 Å². The van der Waals surface area contributed by atoms with E-state index in [4.69, 9.17) is 0 Å². The summed E-state index contributed by atoms with van der Waals surface area (Å²) in [6.45, 7) is 3.71. The van der Waals surface area contributed by atoms with Gasteiger partial charge in [-0.1, -0.05) is 12.1 Å². The van der Waals surface area contributed by atoms with Crippen LogP contribution in [0.15, 0.2) is 24.3 Å². The van der Waals surface area contributed by atoms with E-state index in [1.807, 2.05) is 18.2 Å². The lowest BCUT2D eigenvalue weighted by Crippen LogP contribution is -2.31. The van der Waals surface area contributed by atoms with E-state index < -0.39 is 10.0 Å². The van der Waals surface area contributed by atoms with Gasteiger partial charge in [0, 0.05) is 32.0 Å². The van der Waals surface area contributed by atoms with Gasteiger partial charge in [0.05, 0.1) is 11.4 Å². The van der Waals surface area contributed by atoms with Gasteiger partial charge in [0.25, 0.3) is 0 Å². The molecule has 6 heteroatoms. The molecule has 25 heavy (non-hydrogen) atoms. The number of anilines is 1. The highest BCUT2D eigenvalue weighted by Crippen LogP contribution is 2.30. The maximum atomic E-state index is 12.2. The molecule has 1 aromatic rings. The number of Topliss-reactive ketones (excluding diaryl/α,β-unsaturated/α-hetero) is 1. The summed E-state index contributed by atoms with van der Waals surface area (Å²) in [7, 11) is -1.03. The van der Waals surface area contributed by atoms with Gasteiger partial charge >= 0.3 is 0 Å². The molecule has 1 heterocycles. The summed E-state index contributed by atoms with van der Waals surface area (Å²) in [4.78, 5) is 13.7. The average Bonchev–Trinajstić information content (AvgIpc) is 2.95. The maximum Gasteiger partial charge on any atom is 0.235 e. The highest BCUT2D eigenvalue weighted by molar-refractivity contribution is 7.93. The van der Waals surface area contributed by atoms with Gasteiger partial charge in [-0.15, -0.1) is 0 Å². The molecule has 1 unspecified atom stereocenters. The number of carbonyl (C=O) groups excluding carboxylic acids is 1. The Bertz CT molecular complexity index is 722. The molecule has 0 amide bonds. The molecule has 0 spiro atoms. The molecule has 1 aliphatic carbocycles. The van der Waals surface area contributed by atoms with Crippen molar-refractivity contribution in [1.29, 1.82) is 0 Å². The number of hydrogen-bond donors (Lipinski definition) is 0. The summed E-state index contributed by atoms with van der Waals surface area (Å²) in [5, 5.41) is 0. The lowest BCUT2D eigenvalue weighted by Gasteiger charge is -2.31. The van der Waals surface area contributed by atoms with Crippen molar-refractivity contribution in [1.82, 2.24) is 4.90 Å². The third-order valence-corrected chi connectivity index (χ3v) is 7.48. The van der Waals surface area contributed by atoms with Gasteiger partial charge in [-0.2, -0.15) is 0 Å². The van der Waals surface area contributed by atoms with E-state index in [1.165, 1.54) is 4.31 Å². The van der Waals surface area contributed by atoms with Crippen LogP contribution in [-0.4, -0.2) is 45.0 Å². The van der Waals surface area contributed by atoms with Crippen molar-refractivity contribution >= 4 is 21.5 Å². The Morgan fingerprint density at radius 1 is 1.28 bits per heavy atom. The van der Waals surface area contributed by atoms with Gasteiger partial charge < -0.3 is 0 Å². The number of carbonyl (C=O) groups is 1. The van der Waals surface area contributed by atoms with Crippen molar-refractivity contribution < 1.29 is 13.2 Å². The van der Waals surface area contributed by atoms with Gasteiger partial charge in [0.2, 0.25) is 10.0 Å². The monoisotopic (exact) mass is 364 g/mol. The molecule has 0 aromatic heterocycles. The summed E-state index contributed by atoms with van der Waals surface area (Å²) in [5.74, 6) is 1.21. The Labute approximate surface area is 151 Å². The first-order chi connectivity index (χ1) is 11.9. The molecule has 1 saturated heterocycles. The molecule has 138 valence electrons. The highest BCUT2D eigenvalue weighted by Gasteiger charge is 2.29. The van der Waals surface area contributed by atoms with Gasteiger partial charge in [-0.05, 0) is 56.8 Å². The average molecular weight is 365 g/mol. The molecule has 0 N–H and O–H groups in total. The quantitative estimate of drug-likeness (QED) is 0.806. The second-order valence-electron chi connectivity index (χ2n) is 7.43. The topological polar surface area (TPSA) is 57.7 Å². The van der Waals surface area contributed by atoms with E-state index >= 15 is 0 Å². The van der Waals surface area contributed by atoms with Crippen LogP contribution in [0.25, 0.3) is 0 Å². The lowest BCUT2D eigenvalue weighted by molar-refractivity contribution is -0.121. The van der Waals surface area contributed by atoms with Crippen LogP contribution < -0.4 is 4.31 Å². The molecule has 5 nitrogen and oxygen atoms in total. The van der Waals surface area contributed by atoms with Gasteiger partial charge in [0.15, 0.2) is 0 Å². The highest BCUT2D eigenvalue weighted by atomic mass is 32.2. The largest absolute Gasteiger partial charge is 0.300 e. The predicted molar refractivity (Wildman–Crippen MR) is 100 cm³/mol. The zero-order valence-electron chi connectivity index (χ0n) is 15.1. The van der Waals surface area contributed by atoms with E-state index in [-0.39, 0.29) is 11.8 Å². The molecule has 0 bridgehead atoms. The maximum absolute atomic E-state index is 12.2. The fraction of sp³-hybridized carbons (Fsp3) is 0.632. The first-order valence-corrected chi connectivity index (χ1v) is 10.8. The Kier molecular flexibility index (Phi) is 5.49. The van der Waals surface area contributed by atoms with Crippen LogP contribution in [0.4, 0.5) is 5.69 Å². The minimum atomic E-state index is -3.14. The van der Waals surface area contributed by atoms with Crippen molar-refractivity contribution in [2.75, 3.05) is 30.2 Å². The Hall–Kier alpha value is -1.40. The number of nitrogens with zero attached hydrogens (tertiary/aromatic N) is 2. The first kappa shape index (κ1) is 18.4. The summed E-state index contributed by atoms with van der Waals surface area (Å²) in [6.07, 6.45) is 4.11. The summed E-state index contributed by atoms with van der Waals surface area (Å²) in [5.41, 5.74) is 1.91. The SMILES string of the molecule is CC(c1cccc(N2CCCS2(=O)=O)c1)N(C)CC1CCC(=O)CC1. The number of rotatable bonds is 5. The van der Waals surface area contributed by atoms with Crippen molar-refractivity contribution in [2.45, 2.75) is 45.1 Å². The molecule has 1 atom stereocenters. The predicted octanol–water partition coefficient (Wildman–Crippen LogP) is 2.98. The summed E-state index contributed by atoms with van der Waals surface area (Å²) < 4.78 is 25.8. The van der Waals surface area contributed by atoms with Gasteiger partial charge in [-0.25, -0.2) is 8.42 Å². The Morgan fingerprint density at radius 3 is 2.64 bits per heavy atom. The lowest BCUT2D eigenvalue weighted by atomic mass is 9.88. The standard InChI is InChI=1S/C19H28N2O3S/c1-15(20(2)14-16-7-9-19(22)10-8-16)17-5-3-6-18(13-17)21-11-4-12-25(21,23)24/h3,5-6,13,15-16H,4,7-12,14H2,1-2H3. The third kappa shape index (κ3) is 4.23. The molecule has 2 fully saturated rings. The van der Waals surface area contributed by atoms with Crippen LogP contribution in [0.5, 0.6) is 0 Å². The number of benzene rings is 1. The smallest absolute Gasteiger partial charge is 0.235 e. The molecule has 3 rings (SSSR count). The van der Waals surface area contributed by atoms with Crippen LogP contribution in [-0.2, 0) is 14.8 Å². The van der Waals surface area contributed by atoms with E-state index in [1.54, 1.807) is 0 Å². The summed E-state index contributed by atoms with van der Waals surface area (Å²) in [6, 6.07) is 8.11. The second kappa shape index (κ2) is 7.46. The first-order valence-electron chi connectivity index (χ1n) is 9.19. The van der Waals surface area contributed by atoms with Crippen molar-refractivity contribution in [2.24, 2.45) is 5.92 Å². The number of sulfonamides is 1. The number of ketones is 1. The van der Waals surface area contributed by atoms with Crippen LogP contribution >= 0.6 is 0 Å². The molecule has 0 radical (unpaired) electrons. The molecular formula is C19H28N2O3S. The van der Waals surface area contributed by atoms with Gasteiger partial charge in [-0.3, -0.25) is 14.0 Å².